The Hall–Kier alpha value is -1.69. The predicted octanol–water partition coefficient (Wildman–Crippen LogP) is 0.277. The fourth-order valence-electron chi connectivity index (χ4n) is 2.20. The highest BCUT2D eigenvalue weighted by Crippen LogP contribution is 2.13. The first kappa shape index (κ1) is 10.5. The summed E-state index contributed by atoms with van der Waals surface area (Å²) in [5, 5.41) is 8.08. The first-order chi connectivity index (χ1) is 8.18. The van der Waals surface area contributed by atoms with Crippen LogP contribution in [0.4, 0.5) is 0 Å². The zero-order valence-corrected chi connectivity index (χ0v) is 9.97. The highest BCUT2D eigenvalue weighted by molar-refractivity contribution is 5.73. The minimum absolute atomic E-state index is 0.0263. The molecule has 0 aliphatic carbocycles. The standard InChI is InChI=1S/C11H15N5O/c1-7(2)16-10-8(5-13-16)11(17)15-4-3-12-6-9(15)14-10/h5,7,12H,3-4,6H2,1-2H3. The molecule has 0 amide bonds. The summed E-state index contributed by atoms with van der Waals surface area (Å²) in [6.07, 6.45) is 1.62. The van der Waals surface area contributed by atoms with Crippen molar-refractivity contribution >= 4 is 11.0 Å². The molecule has 1 aliphatic heterocycles. The van der Waals surface area contributed by atoms with Gasteiger partial charge in [-0.3, -0.25) is 9.36 Å². The smallest absolute Gasteiger partial charge is 0.264 e. The number of fused-ring (bicyclic) bond motifs is 2. The molecule has 0 atom stereocenters. The first-order valence-corrected chi connectivity index (χ1v) is 5.86. The van der Waals surface area contributed by atoms with Crippen LogP contribution in [0, 0.1) is 0 Å². The molecule has 0 unspecified atom stereocenters. The lowest BCUT2D eigenvalue weighted by Crippen LogP contribution is -2.37. The van der Waals surface area contributed by atoms with E-state index in [1.54, 1.807) is 15.4 Å². The molecule has 1 aliphatic rings. The number of rotatable bonds is 1. The number of nitrogens with one attached hydrogen (secondary N) is 1. The van der Waals surface area contributed by atoms with Crippen LogP contribution in [0.5, 0.6) is 0 Å². The van der Waals surface area contributed by atoms with E-state index in [4.69, 9.17) is 0 Å². The van der Waals surface area contributed by atoms with Crippen LogP contribution in [-0.2, 0) is 13.1 Å². The molecule has 2 aromatic heterocycles. The molecule has 0 bridgehead atoms. The van der Waals surface area contributed by atoms with E-state index in [0.29, 0.717) is 24.1 Å². The molecular formula is C11H15N5O. The minimum Gasteiger partial charge on any atom is -0.308 e. The SMILES string of the molecule is CC(C)n1ncc2c(=O)n3c(nc21)CNCC3. The highest BCUT2D eigenvalue weighted by Gasteiger charge is 2.17. The van der Waals surface area contributed by atoms with Gasteiger partial charge in [-0.2, -0.15) is 5.10 Å². The average Bonchev–Trinajstić information content (AvgIpc) is 2.73. The van der Waals surface area contributed by atoms with E-state index >= 15 is 0 Å². The van der Waals surface area contributed by atoms with Gasteiger partial charge in [-0.25, -0.2) is 9.67 Å². The molecule has 0 fully saturated rings. The first-order valence-electron chi connectivity index (χ1n) is 5.86. The second-order valence-electron chi connectivity index (χ2n) is 4.58. The molecule has 2 aromatic rings. The maximum atomic E-state index is 12.3. The summed E-state index contributed by atoms with van der Waals surface area (Å²) in [6, 6.07) is 0.207. The Morgan fingerprint density at radius 1 is 1.47 bits per heavy atom. The Morgan fingerprint density at radius 2 is 2.29 bits per heavy atom. The van der Waals surface area contributed by atoms with Crippen molar-refractivity contribution < 1.29 is 0 Å². The number of hydrogen-bond donors (Lipinski definition) is 1. The van der Waals surface area contributed by atoms with Crippen molar-refractivity contribution in [1.29, 1.82) is 0 Å². The summed E-state index contributed by atoms with van der Waals surface area (Å²) in [4.78, 5) is 16.8. The average molecular weight is 233 g/mol. The molecule has 3 rings (SSSR count). The van der Waals surface area contributed by atoms with Crippen molar-refractivity contribution in [2.45, 2.75) is 33.0 Å². The molecule has 0 saturated heterocycles. The zero-order chi connectivity index (χ0) is 12.0. The van der Waals surface area contributed by atoms with Crippen LogP contribution in [-0.4, -0.2) is 25.9 Å². The fraction of sp³-hybridized carbons (Fsp3) is 0.545. The Morgan fingerprint density at radius 3 is 3.06 bits per heavy atom. The zero-order valence-electron chi connectivity index (χ0n) is 9.97. The van der Waals surface area contributed by atoms with Crippen LogP contribution in [0.1, 0.15) is 25.7 Å². The lowest BCUT2D eigenvalue weighted by molar-refractivity contribution is 0.482. The lowest BCUT2D eigenvalue weighted by atomic mass is 10.3. The van der Waals surface area contributed by atoms with E-state index < -0.39 is 0 Å². The monoisotopic (exact) mass is 233 g/mol. The fourth-order valence-corrected chi connectivity index (χ4v) is 2.20. The molecule has 90 valence electrons. The van der Waals surface area contributed by atoms with Crippen LogP contribution in [0.25, 0.3) is 11.0 Å². The van der Waals surface area contributed by atoms with Gasteiger partial charge in [0.15, 0.2) is 5.65 Å². The van der Waals surface area contributed by atoms with Gasteiger partial charge in [0.1, 0.15) is 11.2 Å². The van der Waals surface area contributed by atoms with E-state index in [2.05, 4.69) is 15.4 Å². The van der Waals surface area contributed by atoms with Gasteiger partial charge >= 0.3 is 0 Å². The number of aromatic nitrogens is 4. The Balaban J connectivity index is 2.34. The quantitative estimate of drug-likeness (QED) is 0.768. The van der Waals surface area contributed by atoms with Gasteiger partial charge in [-0.05, 0) is 13.8 Å². The van der Waals surface area contributed by atoms with Crippen LogP contribution in [0.2, 0.25) is 0 Å². The Bertz CT molecular complexity index is 625. The maximum Gasteiger partial charge on any atom is 0.264 e. The van der Waals surface area contributed by atoms with Gasteiger partial charge in [0, 0.05) is 19.1 Å². The van der Waals surface area contributed by atoms with Crippen LogP contribution in [0.15, 0.2) is 11.0 Å². The topological polar surface area (TPSA) is 64.7 Å². The summed E-state index contributed by atoms with van der Waals surface area (Å²) in [7, 11) is 0. The molecule has 0 radical (unpaired) electrons. The molecule has 0 spiro atoms. The van der Waals surface area contributed by atoms with Crippen molar-refractivity contribution in [3.05, 3.63) is 22.4 Å². The molecule has 3 heterocycles. The molecule has 1 N–H and O–H groups in total. The van der Waals surface area contributed by atoms with Gasteiger partial charge in [0.2, 0.25) is 0 Å². The van der Waals surface area contributed by atoms with E-state index in [1.165, 1.54) is 0 Å². The van der Waals surface area contributed by atoms with Crippen LogP contribution >= 0.6 is 0 Å². The summed E-state index contributed by atoms with van der Waals surface area (Å²) < 4.78 is 3.54. The van der Waals surface area contributed by atoms with Crippen molar-refractivity contribution in [2.24, 2.45) is 0 Å². The second-order valence-corrected chi connectivity index (χ2v) is 4.58. The third-order valence-corrected chi connectivity index (χ3v) is 3.08. The van der Waals surface area contributed by atoms with Crippen molar-refractivity contribution in [3.8, 4) is 0 Å². The highest BCUT2D eigenvalue weighted by atomic mass is 16.1. The Kier molecular flexibility index (Phi) is 2.25. The van der Waals surface area contributed by atoms with Gasteiger partial charge in [-0.15, -0.1) is 0 Å². The van der Waals surface area contributed by atoms with Gasteiger partial charge < -0.3 is 5.32 Å². The predicted molar refractivity (Wildman–Crippen MR) is 63.9 cm³/mol. The molecule has 6 nitrogen and oxygen atoms in total. The maximum absolute atomic E-state index is 12.3. The summed E-state index contributed by atoms with van der Waals surface area (Å²) in [6.45, 7) is 6.21. The Labute approximate surface area is 98.3 Å². The van der Waals surface area contributed by atoms with Crippen molar-refractivity contribution in [2.75, 3.05) is 6.54 Å². The van der Waals surface area contributed by atoms with E-state index in [0.717, 1.165) is 12.4 Å². The van der Waals surface area contributed by atoms with Crippen molar-refractivity contribution in [3.63, 3.8) is 0 Å². The van der Waals surface area contributed by atoms with Gasteiger partial charge in [-0.1, -0.05) is 0 Å². The van der Waals surface area contributed by atoms with Gasteiger partial charge in [0.05, 0.1) is 12.7 Å². The van der Waals surface area contributed by atoms with Crippen LogP contribution < -0.4 is 10.9 Å². The third-order valence-electron chi connectivity index (χ3n) is 3.08. The van der Waals surface area contributed by atoms with Crippen molar-refractivity contribution in [1.82, 2.24) is 24.6 Å². The van der Waals surface area contributed by atoms with E-state index in [1.807, 2.05) is 13.8 Å². The number of nitrogens with zero attached hydrogens (tertiary/aromatic N) is 4. The normalized spacial score (nSPS) is 15.5. The lowest BCUT2D eigenvalue weighted by Gasteiger charge is -2.18. The van der Waals surface area contributed by atoms with E-state index in [-0.39, 0.29) is 11.6 Å². The molecular weight excluding hydrogens is 218 g/mol. The summed E-state index contributed by atoms with van der Waals surface area (Å²) in [5.74, 6) is 0.802. The summed E-state index contributed by atoms with van der Waals surface area (Å²) >= 11 is 0. The minimum atomic E-state index is 0.0263. The van der Waals surface area contributed by atoms with Crippen LogP contribution in [0.3, 0.4) is 0 Å². The molecule has 6 heteroatoms. The second kappa shape index (κ2) is 3.66. The largest absolute Gasteiger partial charge is 0.308 e. The molecule has 0 aromatic carbocycles. The molecule has 0 saturated carbocycles. The van der Waals surface area contributed by atoms with Gasteiger partial charge in [0.25, 0.3) is 5.56 Å². The molecule has 17 heavy (non-hydrogen) atoms. The summed E-state index contributed by atoms with van der Waals surface area (Å²) in [5.41, 5.74) is 0.721. The number of hydrogen-bond acceptors (Lipinski definition) is 4. The third kappa shape index (κ3) is 1.48. The van der Waals surface area contributed by atoms with E-state index in [9.17, 15) is 4.79 Å².